The molecule has 0 aliphatic rings. The second-order valence-corrected chi connectivity index (χ2v) is 5.68. The van der Waals surface area contributed by atoms with Crippen LogP contribution in [0.15, 0.2) is 54.6 Å². The predicted octanol–water partition coefficient (Wildman–Crippen LogP) is 2.61. The number of carbonyl (C=O) groups excluding carboxylic acids is 1. The Kier molecular flexibility index (Phi) is 5.83. The summed E-state index contributed by atoms with van der Waals surface area (Å²) < 4.78 is 27.0. The van der Waals surface area contributed by atoms with Gasteiger partial charge in [-0.3, -0.25) is 4.55 Å². The molecule has 2 rings (SSSR count). The summed E-state index contributed by atoms with van der Waals surface area (Å²) in [7, 11) is 1.33. The number of benzene rings is 2. The van der Waals surface area contributed by atoms with Crippen molar-refractivity contribution in [3.8, 4) is 0 Å². The van der Waals surface area contributed by atoms with E-state index in [4.69, 9.17) is 0 Å². The van der Waals surface area contributed by atoms with Gasteiger partial charge in [0.15, 0.2) is 0 Å². The van der Waals surface area contributed by atoms with Gasteiger partial charge in [0, 0.05) is 13.1 Å². The number of ether oxygens (including phenoxy) is 1. The van der Waals surface area contributed by atoms with Crippen molar-refractivity contribution in [2.24, 2.45) is 0 Å². The van der Waals surface area contributed by atoms with Crippen molar-refractivity contribution in [1.29, 1.82) is 0 Å². The molecule has 2 aromatic rings. The van der Waals surface area contributed by atoms with Gasteiger partial charge in [0.1, 0.15) is 0 Å². The standard InChI is InChI=1S/C16H17NO4S/c1-21-16(18)15-9-7-14(8-10-15)12-17(22(19)20)11-13-5-3-2-4-6-13/h2-10H,11-12H2,1H3,(H,19,20). The maximum absolute atomic E-state index is 11.5. The summed E-state index contributed by atoms with van der Waals surface area (Å²) in [5.74, 6) is -0.404. The number of rotatable bonds is 6. The maximum atomic E-state index is 11.5. The Morgan fingerprint density at radius 3 is 2.09 bits per heavy atom. The van der Waals surface area contributed by atoms with E-state index in [0.717, 1.165) is 11.1 Å². The van der Waals surface area contributed by atoms with Crippen LogP contribution in [0.1, 0.15) is 21.5 Å². The van der Waals surface area contributed by atoms with Crippen molar-refractivity contribution in [2.45, 2.75) is 13.1 Å². The Hall–Kier alpha value is -2.02. The summed E-state index contributed by atoms with van der Waals surface area (Å²) in [5.41, 5.74) is 2.24. The molecule has 5 nitrogen and oxygen atoms in total. The first-order valence-electron chi connectivity index (χ1n) is 6.67. The van der Waals surface area contributed by atoms with Gasteiger partial charge in [-0.2, -0.15) is 4.31 Å². The fourth-order valence-corrected chi connectivity index (χ4v) is 2.54. The molecule has 1 N–H and O–H groups in total. The summed E-state index contributed by atoms with van der Waals surface area (Å²) >= 11 is -2.08. The Bertz CT molecular complexity index is 643. The van der Waals surface area contributed by atoms with Crippen molar-refractivity contribution in [3.63, 3.8) is 0 Å². The lowest BCUT2D eigenvalue weighted by Gasteiger charge is -2.18. The summed E-state index contributed by atoms with van der Waals surface area (Å²) in [6, 6.07) is 16.3. The van der Waals surface area contributed by atoms with Crippen LogP contribution in [0.2, 0.25) is 0 Å². The smallest absolute Gasteiger partial charge is 0.337 e. The number of hydrogen-bond acceptors (Lipinski definition) is 3. The molecule has 1 unspecified atom stereocenters. The van der Waals surface area contributed by atoms with E-state index in [9.17, 15) is 13.6 Å². The second kappa shape index (κ2) is 7.84. The zero-order chi connectivity index (χ0) is 15.9. The molecule has 0 spiro atoms. The van der Waals surface area contributed by atoms with E-state index >= 15 is 0 Å². The minimum Gasteiger partial charge on any atom is -0.465 e. The van der Waals surface area contributed by atoms with E-state index in [1.807, 2.05) is 30.3 Å². The molecule has 0 saturated carbocycles. The third-order valence-corrected chi connectivity index (χ3v) is 3.86. The number of nitrogens with zero attached hydrogens (tertiary/aromatic N) is 1. The summed E-state index contributed by atoms with van der Waals surface area (Å²) in [6.07, 6.45) is 0. The van der Waals surface area contributed by atoms with Gasteiger partial charge >= 0.3 is 5.97 Å². The predicted molar refractivity (Wildman–Crippen MR) is 84.2 cm³/mol. The van der Waals surface area contributed by atoms with E-state index in [2.05, 4.69) is 4.74 Å². The SMILES string of the molecule is COC(=O)c1ccc(CN(Cc2ccccc2)S(=O)O)cc1. The molecule has 0 amide bonds. The molecule has 0 bridgehead atoms. The third-order valence-electron chi connectivity index (χ3n) is 3.16. The van der Waals surface area contributed by atoms with Crippen LogP contribution in [0.25, 0.3) is 0 Å². The molecule has 2 aromatic carbocycles. The van der Waals surface area contributed by atoms with Gasteiger partial charge < -0.3 is 4.74 Å². The zero-order valence-corrected chi connectivity index (χ0v) is 13.0. The van der Waals surface area contributed by atoms with Crippen molar-refractivity contribution in [1.82, 2.24) is 4.31 Å². The van der Waals surface area contributed by atoms with Crippen LogP contribution >= 0.6 is 0 Å². The highest BCUT2D eigenvalue weighted by Crippen LogP contribution is 2.13. The van der Waals surface area contributed by atoms with Gasteiger partial charge in [-0.15, -0.1) is 0 Å². The lowest BCUT2D eigenvalue weighted by molar-refractivity contribution is 0.0600. The number of hydrogen-bond donors (Lipinski definition) is 1. The molecular weight excluding hydrogens is 302 g/mol. The highest BCUT2D eigenvalue weighted by atomic mass is 32.2. The number of esters is 1. The highest BCUT2D eigenvalue weighted by Gasteiger charge is 2.13. The molecule has 0 aromatic heterocycles. The minimum absolute atomic E-state index is 0.305. The summed E-state index contributed by atoms with van der Waals surface area (Å²) in [5, 5.41) is 0. The van der Waals surface area contributed by atoms with Gasteiger partial charge in [-0.05, 0) is 23.3 Å². The molecule has 1 atom stereocenters. The third kappa shape index (κ3) is 4.49. The Labute approximate surface area is 131 Å². The fraction of sp³-hybridized carbons (Fsp3) is 0.188. The molecular formula is C16H17NO4S. The van der Waals surface area contributed by atoms with Crippen LogP contribution in [-0.2, 0) is 29.1 Å². The lowest BCUT2D eigenvalue weighted by Crippen LogP contribution is -2.24. The molecule has 0 fully saturated rings. The zero-order valence-electron chi connectivity index (χ0n) is 12.1. The first kappa shape index (κ1) is 16.4. The van der Waals surface area contributed by atoms with Gasteiger partial charge in [0.05, 0.1) is 12.7 Å². The minimum atomic E-state index is -2.08. The fourth-order valence-electron chi connectivity index (χ4n) is 2.02. The van der Waals surface area contributed by atoms with Crippen molar-refractivity contribution in [2.75, 3.05) is 7.11 Å². The van der Waals surface area contributed by atoms with Crippen molar-refractivity contribution in [3.05, 3.63) is 71.3 Å². The number of methoxy groups -OCH3 is 1. The number of carbonyl (C=O) groups is 1. The first-order valence-corrected chi connectivity index (χ1v) is 7.73. The Morgan fingerprint density at radius 1 is 1.05 bits per heavy atom. The van der Waals surface area contributed by atoms with E-state index in [1.165, 1.54) is 11.4 Å². The summed E-state index contributed by atoms with van der Waals surface area (Å²) in [6.45, 7) is 0.669. The first-order chi connectivity index (χ1) is 10.6. The molecule has 116 valence electrons. The lowest BCUT2D eigenvalue weighted by atomic mass is 10.1. The largest absolute Gasteiger partial charge is 0.465 e. The van der Waals surface area contributed by atoms with E-state index in [1.54, 1.807) is 24.3 Å². The van der Waals surface area contributed by atoms with Crippen molar-refractivity contribution >= 4 is 17.2 Å². The quantitative estimate of drug-likeness (QED) is 0.656. The molecule has 0 saturated heterocycles. The topological polar surface area (TPSA) is 66.8 Å². The molecule has 6 heteroatoms. The molecule has 0 heterocycles. The van der Waals surface area contributed by atoms with Crippen LogP contribution in [0.3, 0.4) is 0 Å². The highest BCUT2D eigenvalue weighted by molar-refractivity contribution is 7.76. The maximum Gasteiger partial charge on any atom is 0.337 e. The molecule has 0 radical (unpaired) electrons. The van der Waals surface area contributed by atoms with Crippen LogP contribution in [0, 0.1) is 0 Å². The van der Waals surface area contributed by atoms with Crippen LogP contribution in [-0.4, -0.2) is 26.1 Å². The van der Waals surface area contributed by atoms with Crippen molar-refractivity contribution < 1.29 is 18.3 Å². The van der Waals surface area contributed by atoms with Crippen LogP contribution < -0.4 is 0 Å². The average molecular weight is 319 g/mol. The van der Waals surface area contributed by atoms with E-state index < -0.39 is 17.2 Å². The Morgan fingerprint density at radius 2 is 1.59 bits per heavy atom. The van der Waals surface area contributed by atoms with Gasteiger partial charge in [0.2, 0.25) is 11.3 Å². The van der Waals surface area contributed by atoms with Gasteiger partial charge in [-0.1, -0.05) is 42.5 Å². The molecule has 0 aliphatic carbocycles. The van der Waals surface area contributed by atoms with E-state index in [0.29, 0.717) is 18.7 Å². The summed E-state index contributed by atoms with van der Waals surface area (Å²) in [4.78, 5) is 11.4. The molecule has 22 heavy (non-hydrogen) atoms. The molecule has 0 aliphatic heterocycles. The van der Waals surface area contributed by atoms with Crippen LogP contribution in [0.5, 0.6) is 0 Å². The monoisotopic (exact) mass is 319 g/mol. The second-order valence-electron chi connectivity index (χ2n) is 4.70. The van der Waals surface area contributed by atoms with Crippen LogP contribution in [0.4, 0.5) is 0 Å². The van der Waals surface area contributed by atoms with E-state index in [-0.39, 0.29) is 0 Å². The Balaban J connectivity index is 2.08. The normalized spacial score (nSPS) is 12.1. The van der Waals surface area contributed by atoms with Gasteiger partial charge in [-0.25, -0.2) is 9.00 Å². The average Bonchev–Trinajstić information content (AvgIpc) is 2.55. The van der Waals surface area contributed by atoms with Gasteiger partial charge in [0.25, 0.3) is 0 Å².